The molecule has 0 aliphatic heterocycles. The first kappa shape index (κ1) is 16.6. The van der Waals surface area contributed by atoms with E-state index >= 15 is 0 Å². The van der Waals surface area contributed by atoms with Crippen LogP contribution in [0.3, 0.4) is 0 Å². The molecule has 0 unspecified atom stereocenters. The highest BCUT2D eigenvalue weighted by Crippen LogP contribution is 2.17. The number of hydrogen-bond donors (Lipinski definition) is 1. The van der Waals surface area contributed by atoms with Gasteiger partial charge in [0.05, 0.1) is 17.5 Å². The van der Waals surface area contributed by atoms with Crippen molar-refractivity contribution in [3.63, 3.8) is 0 Å². The Morgan fingerprint density at radius 2 is 1.77 bits per heavy atom. The van der Waals surface area contributed by atoms with Crippen LogP contribution in [0.2, 0.25) is 0 Å². The van der Waals surface area contributed by atoms with E-state index in [1.807, 2.05) is 24.3 Å². The number of carbonyl (C=O) groups is 1. The number of methoxy groups -OCH3 is 1. The lowest BCUT2D eigenvalue weighted by Gasteiger charge is -2.07. The van der Waals surface area contributed by atoms with Crippen molar-refractivity contribution < 1.29 is 13.9 Å². The van der Waals surface area contributed by atoms with Crippen LogP contribution < -0.4 is 5.32 Å². The monoisotopic (exact) mass is 365 g/mol. The van der Waals surface area contributed by atoms with Crippen molar-refractivity contribution in [2.75, 3.05) is 7.11 Å². The molecule has 3 nitrogen and oxygen atoms in total. The van der Waals surface area contributed by atoms with Crippen molar-refractivity contribution in [3.05, 3.63) is 69.4 Å². The van der Waals surface area contributed by atoms with E-state index in [4.69, 9.17) is 4.74 Å². The van der Waals surface area contributed by atoms with Crippen molar-refractivity contribution in [3.8, 4) is 0 Å². The van der Waals surface area contributed by atoms with Crippen molar-refractivity contribution in [2.45, 2.75) is 19.6 Å². The Bertz CT molecular complexity index is 644. The Labute approximate surface area is 137 Å². The molecule has 0 saturated carbocycles. The molecular formula is C17H17BrFNO2. The molecule has 0 bridgehead atoms. The SMILES string of the molecule is COCc1ccc(CNC(=O)Cc2ccc(F)c(Br)c2)cc1. The van der Waals surface area contributed by atoms with E-state index in [-0.39, 0.29) is 18.1 Å². The lowest BCUT2D eigenvalue weighted by Crippen LogP contribution is -2.24. The quantitative estimate of drug-likeness (QED) is 0.849. The third-order valence-corrected chi connectivity index (χ3v) is 3.78. The normalized spacial score (nSPS) is 10.5. The molecule has 0 atom stereocenters. The van der Waals surface area contributed by atoms with E-state index in [1.165, 1.54) is 6.07 Å². The van der Waals surface area contributed by atoms with Crippen LogP contribution in [-0.4, -0.2) is 13.0 Å². The van der Waals surface area contributed by atoms with Gasteiger partial charge in [-0.15, -0.1) is 0 Å². The number of amides is 1. The average molecular weight is 366 g/mol. The first-order valence-electron chi connectivity index (χ1n) is 6.86. The standard InChI is InChI=1S/C17H17BrFNO2/c1-22-11-13-4-2-12(3-5-13)10-20-17(21)9-14-6-7-16(19)15(18)8-14/h2-8H,9-11H2,1H3,(H,20,21). The molecule has 1 N–H and O–H groups in total. The summed E-state index contributed by atoms with van der Waals surface area (Å²) in [6.07, 6.45) is 0.223. The third-order valence-electron chi connectivity index (χ3n) is 3.17. The molecule has 0 saturated heterocycles. The van der Waals surface area contributed by atoms with Crippen LogP contribution in [0.5, 0.6) is 0 Å². The summed E-state index contributed by atoms with van der Waals surface area (Å²) >= 11 is 3.11. The van der Waals surface area contributed by atoms with Gasteiger partial charge in [0.15, 0.2) is 0 Å². The van der Waals surface area contributed by atoms with Gasteiger partial charge < -0.3 is 10.1 Å². The van der Waals surface area contributed by atoms with E-state index in [1.54, 1.807) is 19.2 Å². The summed E-state index contributed by atoms with van der Waals surface area (Å²) in [7, 11) is 1.65. The Kier molecular flexibility index (Phi) is 6.10. The van der Waals surface area contributed by atoms with E-state index in [0.29, 0.717) is 17.6 Å². The zero-order chi connectivity index (χ0) is 15.9. The van der Waals surface area contributed by atoms with Gasteiger partial charge in [0.2, 0.25) is 5.91 Å². The van der Waals surface area contributed by atoms with Gasteiger partial charge in [-0.3, -0.25) is 4.79 Å². The smallest absolute Gasteiger partial charge is 0.224 e. The van der Waals surface area contributed by atoms with Crippen molar-refractivity contribution in [2.24, 2.45) is 0 Å². The fraction of sp³-hybridized carbons (Fsp3) is 0.235. The predicted octanol–water partition coefficient (Wildman–Crippen LogP) is 3.59. The highest BCUT2D eigenvalue weighted by Gasteiger charge is 2.06. The van der Waals surface area contributed by atoms with Crippen LogP contribution in [0.1, 0.15) is 16.7 Å². The molecule has 0 aliphatic rings. The Hall–Kier alpha value is -1.72. The molecule has 2 rings (SSSR count). The molecule has 22 heavy (non-hydrogen) atoms. The summed E-state index contributed by atoms with van der Waals surface area (Å²) in [5.41, 5.74) is 2.88. The van der Waals surface area contributed by atoms with Gasteiger partial charge in [-0.25, -0.2) is 4.39 Å². The zero-order valence-electron chi connectivity index (χ0n) is 12.2. The molecule has 0 spiro atoms. The van der Waals surface area contributed by atoms with Crippen LogP contribution in [-0.2, 0) is 29.1 Å². The van der Waals surface area contributed by atoms with Crippen molar-refractivity contribution in [1.29, 1.82) is 0 Å². The number of carbonyl (C=O) groups excluding carboxylic acids is 1. The topological polar surface area (TPSA) is 38.3 Å². The van der Waals surface area contributed by atoms with Gasteiger partial charge in [0.1, 0.15) is 5.82 Å². The lowest BCUT2D eigenvalue weighted by atomic mass is 10.1. The second kappa shape index (κ2) is 8.06. The molecular weight excluding hydrogens is 349 g/mol. The Balaban J connectivity index is 1.85. The molecule has 2 aromatic carbocycles. The van der Waals surface area contributed by atoms with Gasteiger partial charge in [-0.05, 0) is 44.8 Å². The number of rotatable bonds is 6. The number of nitrogens with one attached hydrogen (secondary N) is 1. The maximum atomic E-state index is 13.1. The summed E-state index contributed by atoms with van der Waals surface area (Å²) in [6.45, 7) is 1.04. The molecule has 2 aromatic rings. The van der Waals surface area contributed by atoms with Gasteiger partial charge >= 0.3 is 0 Å². The minimum atomic E-state index is -0.333. The van der Waals surface area contributed by atoms with Gasteiger partial charge in [0, 0.05) is 13.7 Å². The maximum absolute atomic E-state index is 13.1. The van der Waals surface area contributed by atoms with E-state index in [9.17, 15) is 9.18 Å². The number of halogens is 2. The third kappa shape index (κ3) is 4.93. The second-order valence-corrected chi connectivity index (χ2v) is 5.81. The van der Waals surface area contributed by atoms with E-state index in [0.717, 1.165) is 16.7 Å². The molecule has 0 aliphatic carbocycles. The van der Waals surface area contributed by atoms with E-state index < -0.39 is 0 Å². The fourth-order valence-corrected chi connectivity index (χ4v) is 2.44. The first-order valence-corrected chi connectivity index (χ1v) is 7.65. The Morgan fingerprint density at radius 1 is 1.14 bits per heavy atom. The zero-order valence-corrected chi connectivity index (χ0v) is 13.8. The van der Waals surface area contributed by atoms with Gasteiger partial charge in [0.25, 0.3) is 0 Å². The average Bonchev–Trinajstić information content (AvgIpc) is 2.51. The minimum Gasteiger partial charge on any atom is -0.380 e. The number of ether oxygens (including phenoxy) is 1. The van der Waals surface area contributed by atoms with Crippen LogP contribution in [0.25, 0.3) is 0 Å². The summed E-state index contributed by atoms with van der Waals surface area (Å²) in [5.74, 6) is -0.431. The molecule has 5 heteroatoms. The Morgan fingerprint density at radius 3 is 2.41 bits per heavy atom. The van der Waals surface area contributed by atoms with Crippen LogP contribution in [0.4, 0.5) is 4.39 Å². The summed E-state index contributed by atoms with van der Waals surface area (Å²) < 4.78 is 18.6. The fourth-order valence-electron chi connectivity index (χ4n) is 2.02. The lowest BCUT2D eigenvalue weighted by molar-refractivity contribution is -0.120. The molecule has 0 aromatic heterocycles. The summed E-state index contributed by atoms with van der Waals surface area (Å²) in [6, 6.07) is 12.4. The highest BCUT2D eigenvalue weighted by molar-refractivity contribution is 9.10. The molecule has 0 radical (unpaired) electrons. The van der Waals surface area contributed by atoms with Crippen LogP contribution in [0.15, 0.2) is 46.9 Å². The molecule has 1 amide bonds. The van der Waals surface area contributed by atoms with Gasteiger partial charge in [-0.1, -0.05) is 30.3 Å². The minimum absolute atomic E-state index is 0.0977. The highest BCUT2D eigenvalue weighted by atomic mass is 79.9. The predicted molar refractivity (Wildman–Crippen MR) is 86.8 cm³/mol. The van der Waals surface area contributed by atoms with E-state index in [2.05, 4.69) is 21.2 Å². The molecule has 0 heterocycles. The molecule has 116 valence electrons. The first-order chi connectivity index (χ1) is 10.6. The molecule has 0 fully saturated rings. The van der Waals surface area contributed by atoms with Crippen molar-refractivity contribution >= 4 is 21.8 Å². The number of hydrogen-bond acceptors (Lipinski definition) is 2. The van der Waals surface area contributed by atoms with Crippen molar-refractivity contribution in [1.82, 2.24) is 5.32 Å². The van der Waals surface area contributed by atoms with Crippen LogP contribution >= 0.6 is 15.9 Å². The van der Waals surface area contributed by atoms with Gasteiger partial charge in [-0.2, -0.15) is 0 Å². The number of benzene rings is 2. The largest absolute Gasteiger partial charge is 0.380 e. The summed E-state index contributed by atoms with van der Waals surface area (Å²) in [4.78, 5) is 11.9. The summed E-state index contributed by atoms with van der Waals surface area (Å²) in [5, 5.41) is 2.85. The van der Waals surface area contributed by atoms with Crippen LogP contribution in [0, 0.1) is 5.82 Å². The maximum Gasteiger partial charge on any atom is 0.224 e. The second-order valence-electron chi connectivity index (χ2n) is 4.95.